The SMILES string of the molecule is CC(C)OC(=O)c1cc(-n2c(=O)cc(C(F)(F)F)n(C)c2=O)ccc1Cl.CCS(=O)(=O)c1cccnc1S(=O)(=O)NC(=O)Nc1nc(OC)cc(OC)n1.COc1nc(C)nc(NC(=O)NS(=O)(=O)c2ccccc2CCC(F)(F)F)n1.O=C(O)CNCP(=O)(O)O. The predicted octanol–water partition coefficient (Wildman–Crippen LogP) is 3.96. The standard InChI is InChI=1S/C16H14ClF3N2O4.C15H16F3N5O4S.C14H17N5O7S2.C3H8NO5P/c1-8(2)26-14(24)10-6-9(4-5-11(10)17)22-13(23)7-12(16(18,19)20)21(3)15(22)25;1-9-19-12(22-14(20-9)27-2)21-13(24)23-28(25,26)11-6-4-3-5-10(11)7-8-15(16,17)18;1-4-27(21,22)9-6-5-7-15-12(9)28(23,24)19-14(20)18-13-16-10(25-2)8-11(17-13)26-3;5-3(6)1-4-2-10(7,8)9/h4-8H,1-3H3;3-6H,7-8H2,1-2H3,(H2,19,20,21,22,23,24);5-8H,4H2,1-3H3,(H2,16,17,18,19,20);4H,1-2H2,(H,5,6)(H2,7,8,9). The van der Waals surface area contributed by atoms with Gasteiger partial charge in [0.15, 0.2) is 14.9 Å². The number of alkyl halides is 6. The van der Waals surface area contributed by atoms with Crippen LogP contribution >= 0.6 is 19.2 Å². The van der Waals surface area contributed by atoms with Crippen LogP contribution in [0.15, 0.2) is 97.3 Å². The number of methoxy groups -OCH3 is 3. The molecular weight excluding hydrogens is 1360 g/mol. The normalized spacial score (nSPS) is 11.6. The number of aliphatic carboxylic acids is 1. The van der Waals surface area contributed by atoms with E-state index < -0.39 is 137 Å². The second kappa shape index (κ2) is 32.9. The molecule has 0 saturated carbocycles. The van der Waals surface area contributed by atoms with Crippen LogP contribution in [0.5, 0.6) is 17.8 Å². The zero-order valence-electron chi connectivity index (χ0n) is 48.7. The molecular formula is C48H55ClF6N13O20PS3. The maximum atomic E-state index is 12.9. The number of urea groups is 2. The van der Waals surface area contributed by atoms with Crippen LogP contribution in [0.4, 0.5) is 47.8 Å². The van der Waals surface area contributed by atoms with E-state index in [-0.39, 0.29) is 63.1 Å². The van der Waals surface area contributed by atoms with Gasteiger partial charge in [0, 0.05) is 25.7 Å². The number of benzene rings is 2. The van der Waals surface area contributed by atoms with Gasteiger partial charge in [-0.2, -0.15) is 59.7 Å². The van der Waals surface area contributed by atoms with E-state index in [1.807, 2.05) is 0 Å². The molecule has 2 aromatic carbocycles. The van der Waals surface area contributed by atoms with Crippen LogP contribution in [0, 0.1) is 6.92 Å². The van der Waals surface area contributed by atoms with Crippen LogP contribution in [-0.2, 0) is 63.6 Å². The van der Waals surface area contributed by atoms with Gasteiger partial charge in [0.05, 0.1) is 73.3 Å². The number of aryl methyl sites for hydroxylation is 2. The largest absolute Gasteiger partial charge is 0.481 e. The van der Waals surface area contributed by atoms with Crippen molar-refractivity contribution in [2.24, 2.45) is 7.05 Å². The number of hydrogen-bond acceptors (Lipinski definition) is 24. The third kappa shape index (κ3) is 24.4. The highest BCUT2D eigenvalue weighted by Crippen LogP contribution is 2.32. The molecule has 4 heterocycles. The lowest BCUT2D eigenvalue weighted by Crippen LogP contribution is -2.40. The van der Waals surface area contributed by atoms with E-state index in [1.165, 1.54) is 77.6 Å². The number of amides is 4. The average Bonchev–Trinajstić information content (AvgIpc) is 0.791. The van der Waals surface area contributed by atoms with Gasteiger partial charge in [-0.15, -0.1) is 0 Å². The average molecular weight is 1410 g/mol. The Hall–Kier alpha value is -8.93. The molecule has 0 bridgehead atoms. The molecule has 0 aliphatic rings. The molecule has 0 aliphatic heterocycles. The minimum Gasteiger partial charge on any atom is -0.481 e. The molecule has 6 aromatic rings. The maximum absolute atomic E-state index is 12.9. The van der Waals surface area contributed by atoms with E-state index in [1.54, 1.807) is 23.3 Å². The Morgan fingerprint density at radius 1 is 0.761 bits per heavy atom. The molecule has 44 heteroatoms. The van der Waals surface area contributed by atoms with Crippen molar-refractivity contribution in [3.8, 4) is 23.5 Å². The van der Waals surface area contributed by atoms with E-state index in [0.29, 0.717) is 15.2 Å². The van der Waals surface area contributed by atoms with Gasteiger partial charge in [-0.1, -0.05) is 36.7 Å². The molecule has 8 N–H and O–H groups in total. The molecule has 6 rings (SSSR count). The van der Waals surface area contributed by atoms with Gasteiger partial charge >= 0.3 is 55.6 Å². The Balaban J connectivity index is 0.000000335. The van der Waals surface area contributed by atoms with E-state index in [9.17, 15) is 84.9 Å². The van der Waals surface area contributed by atoms with Crippen molar-refractivity contribution in [2.45, 2.75) is 73.8 Å². The molecule has 4 amide bonds. The number of carbonyl (C=O) groups excluding carboxylic acids is 3. The van der Waals surface area contributed by atoms with Gasteiger partial charge in [0.1, 0.15) is 16.4 Å². The summed E-state index contributed by atoms with van der Waals surface area (Å²) < 4.78 is 184. The van der Waals surface area contributed by atoms with Crippen molar-refractivity contribution in [1.29, 1.82) is 0 Å². The monoisotopic (exact) mass is 1410 g/mol. The molecule has 504 valence electrons. The topological polar surface area (TPSA) is 467 Å². The number of sulfone groups is 1. The summed E-state index contributed by atoms with van der Waals surface area (Å²) in [6.07, 6.45) is -11.0. The lowest BCUT2D eigenvalue weighted by Gasteiger charge is -2.15. The van der Waals surface area contributed by atoms with Gasteiger partial charge in [-0.25, -0.2) is 55.0 Å². The molecule has 0 aliphatic carbocycles. The predicted molar refractivity (Wildman–Crippen MR) is 308 cm³/mol. The number of pyridine rings is 1. The van der Waals surface area contributed by atoms with Crippen LogP contribution in [0.2, 0.25) is 5.02 Å². The highest BCUT2D eigenvalue weighted by Gasteiger charge is 2.36. The van der Waals surface area contributed by atoms with Crippen molar-refractivity contribution >= 4 is 85.0 Å². The highest BCUT2D eigenvalue weighted by molar-refractivity contribution is 7.93. The molecule has 4 aromatic heterocycles. The third-order valence-corrected chi connectivity index (χ3v) is 16.1. The Morgan fingerprint density at radius 3 is 1.85 bits per heavy atom. The number of anilines is 2. The molecule has 0 unspecified atom stereocenters. The summed E-state index contributed by atoms with van der Waals surface area (Å²) in [7, 11) is -12.2. The van der Waals surface area contributed by atoms with Crippen molar-refractivity contribution in [3.63, 3.8) is 0 Å². The number of hydrogen-bond donors (Lipinski definition) is 8. The summed E-state index contributed by atoms with van der Waals surface area (Å²) in [5.74, 6) is -2.50. The van der Waals surface area contributed by atoms with Crippen molar-refractivity contribution in [2.75, 3.05) is 50.5 Å². The minimum atomic E-state index is -4.86. The smallest absolute Gasteiger partial charge is 0.431 e. The summed E-state index contributed by atoms with van der Waals surface area (Å²) >= 11 is 5.94. The summed E-state index contributed by atoms with van der Waals surface area (Å²) in [6.45, 7) is 5.65. The molecule has 0 fully saturated rings. The minimum absolute atomic E-state index is 0.0104. The molecule has 0 spiro atoms. The fraction of sp³-hybridized carbons (Fsp3) is 0.333. The number of carboxylic acids is 1. The zero-order chi connectivity index (χ0) is 69.9. The lowest BCUT2D eigenvalue weighted by molar-refractivity contribution is -0.144. The van der Waals surface area contributed by atoms with Crippen LogP contribution in [0.1, 0.15) is 54.6 Å². The molecule has 0 atom stereocenters. The number of nitrogens with zero attached hydrogens (tertiary/aromatic N) is 8. The van der Waals surface area contributed by atoms with Crippen LogP contribution in [-0.4, -0.2) is 155 Å². The first kappa shape index (κ1) is 77.3. The molecule has 0 radical (unpaired) electrons. The first-order valence-corrected chi connectivity index (χ1v) is 31.9. The maximum Gasteiger partial charge on any atom is 0.431 e. The molecule has 0 saturated heterocycles. The number of esters is 1. The number of carbonyl (C=O) groups is 4. The van der Waals surface area contributed by atoms with E-state index in [2.05, 4.69) is 45.9 Å². The fourth-order valence-electron chi connectivity index (χ4n) is 6.62. The van der Waals surface area contributed by atoms with Gasteiger partial charge < -0.3 is 33.8 Å². The van der Waals surface area contributed by atoms with E-state index in [4.69, 9.17) is 45.4 Å². The van der Waals surface area contributed by atoms with E-state index in [0.717, 1.165) is 31.4 Å². The Bertz CT molecular complexity index is 4160. The van der Waals surface area contributed by atoms with Crippen LogP contribution < -0.4 is 50.9 Å². The zero-order valence-corrected chi connectivity index (χ0v) is 52.8. The Kier molecular flexibility index (Phi) is 27.6. The van der Waals surface area contributed by atoms with Crippen LogP contribution in [0.3, 0.4) is 0 Å². The summed E-state index contributed by atoms with van der Waals surface area (Å²) in [6, 6.07) is 10.2. The number of halogens is 7. The summed E-state index contributed by atoms with van der Waals surface area (Å²) in [4.78, 5) is 108. The molecule has 33 nitrogen and oxygen atoms in total. The van der Waals surface area contributed by atoms with Gasteiger partial charge in [-0.05, 0) is 69.2 Å². The molecule has 92 heavy (non-hydrogen) atoms. The first-order valence-electron chi connectivity index (χ1n) is 25.1. The van der Waals surface area contributed by atoms with Crippen LogP contribution in [0.25, 0.3) is 5.69 Å². The van der Waals surface area contributed by atoms with Gasteiger partial charge in [0.2, 0.25) is 23.7 Å². The number of carboxylic acid groups (broad SMARTS) is 1. The second-order valence-corrected chi connectivity index (χ2v) is 25.4. The first-order chi connectivity index (χ1) is 42.5. The Morgan fingerprint density at radius 2 is 1.33 bits per heavy atom. The van der Waals surface area contributed by atoms with Crippen molar-refractivity contribution in [1.82, 2.24) is 53.8 Å². The van der Waals surface area contributed by atoms with Gasteiger partial charge in [0.25, 0.3) is 25.6 Å². The number of rotatable bonds is 20. The summed E-state index contributed by atoms with van der Waals surface area (Å²) in [5, 5.41) is 13.5. The fourth-order valence-corrected chi connectivity index (χ4v) is 10.9. The quantitative estimate of drug-likeness (QED) is 0.0305. The number of ether oxygens (including phenoxy) is 4. The number of aromatic nitrogens is 8. The Labute approximate surface area is 522 Å². The summed E-state index contributed by atoms with van der Waals surface area (Å²) in [5.41, 5.74) is -4.08. The van der Waals surface area contributed by atoms with Crippen molar-refractivity contribution < 1.29 is 109 Å². The third-order valence-electron chi connectivity index (χ3n) is 10.5. The lowest BCUT2D eigenvalue weighted by atomic mass is 10.1. The number of sulfonamides is 2. The van der Waals surface area contributed by atoms with Gasteiger partial charge in [-0.3, -0.25) is 34.7 Å². The highest BCUT2D eigenvalue weighted by atomic mass is 35.5. The van der Waals surface area contributed by atoms with Crippen molar-refractivity contribution in [3.05, 3.63) is 121 Å². The number of nitrogens with one attached hydrogen (secondary N) is 5. The van der Waals surface area contributed by atoms with E-state index >= 15 is 0 Å². The second-order valence-electron chi connectivity index (χ2n) is 17.8.